The van der Waals surface area contributed by atoms with Crippen molar-refractivity contribution < 1.29 is 38.1 Å². The summed E-state index contributed by atoms with van der Waals surface area (Å²) in [5.74, 6) is -4.05. The third-order valence-electron chi connectivity index (χ3n) is 7.60. The topological polar surface area (TPSA) is 120 Å². The first-order valence-electron chi connectivity index (χ1n) is 12.3. The number of rotatable bonds is 7. The van der Waals surface area contributed by atoms with Crippen LogP contribution in [0, 0.1) is 5.41 Å². The molecule has 1 saturated carbocycles. The number of methoxy groups -OCH3 is 1. The van der Waals surface area contributed by atoms with E-state index >= 15 is 0 Å². The predicted molar refractivity (Wildman–Crippen MR) is 120 cm³/mol. The van der Waals surface area contributed by atoms with Crippen LogP contribution in [0.4, 0.5) is 0 Å². The Balaban J connectivity index is 1.18. The number of hydrogen-bond donors (Lipinski definition) is 1. The Hall–Kier alpha value is -3.14. The van der Waals surface area contributed by atoms with E-state index in [0.717, 1.165) is 34.8 Å². The molecule has 0 aromatic heterocycles. The second kappa shape index (κ2) is 9.14. The molecule has 5 rings (SSSR count). The molecule has 1 N–H and O–H groups in total. The number of nitrogens with one attached hydrogen (secondary N) is 1. The van der Waals surface area contributed by atoms with Crippen molar-refractivity contribution in [2.24, 2.45) is 5.41 Å². The van der Waals surface area contributed by atoms with Crippen LogP contribution in [0.25, 0.3) is 0 Å². The van der Waals surface area contributed by atoms with E-state index in [0.29, 0.717) is 51.7 Å². The summed E-state index contributed by atoms with van der Waals surface area (Å²) in [6.45, 7) is 1.40. The highest BCUT2D eigenvalue weighted by Gasteiger charge is 2.77. The molecule has 10 heteroatoms. The molecule has 10 nitrogen and oxygen atoms in total. The summed E-state index contributed by atoms with van der Waals surface area (Å²) in [4.78, 5) is 51.6. The van der Waals surface area contributed by atoms with Crippen LogP contribution in [0.2, 0.25) is 0 Å². The molecule has 1 aromatic carbocycles. The number of amides is 2. The van der Waals surface area contributed by atoms with Gasteiger partial charge in [-0.2, -0.15) is 0 Å². The Morgan fingerprint density at radius 1 is 1.03 bits per heavy atom. The average molecular weight is 487 g/mol. The minimum atomic E-state index is -2.14. The highest BCUT2D eigenvalue weighted by Crippen LogP contribution is 2.55. The maximum absolute atomic E-state index is 13.4. The molecular weight excluding hydrogens is 456 g/mol. The lowest BCUT2D eigenvalue weighted by Gasteiger charge is -2.37. The zero-order valence-corrected chi connectivity index (χ0v) is 19.8. The molecule has 0 radical (unpaired) electrons. The van der Waals surface area contributed by atoms with Gasteiger partial charge in [0.25, 0.3) is 0 Å². The molecule has 2 saturated heterocycles. The molecule has 0 bridgehead atoms. The van der Waals surface area contributed by atoms with Gasteiger partial charge in [-0.1, -0.05) is 25.3 Å². The summed E-state index contributed by atoms with van der Waals surface area (Å²) >= 11 is 0. The SMILES string of the molecule is COc1cccc2c1CC(NCCCCN1C(=O)C3(CCCCC3)C3(OC(=O)C(=O)O3)C1=O)CO2. The Labute approximate surface area is 203 Å². The number of imide groups is 1. The van der Waals surface area contributed by atoms with Gasteiger partial charge in [0, 0.05) is 18.2 Å². The van der Waals surface area contributed by atoms with Gasteiger partial charge in [0.2, 0.25) is 5.91 Å². The summed E-state index contributed by atoms with van der Waals surface area (Å²) < 4.78 is 21.7. The molecule has 1 aromatic rings. The fourth-order valence-electron chi connectivity index (χ4n) is 5.82. The number of esters is 2. The third-order valence-corrected chi connectivity index (χ3v) is 7.60. The molecule has 2 amide bonds. The molecule has 4 aliphatic rings. The molecule has 1 atom stereocenters. The maximum atomic E-state index is 13.4. The lowest BCUT2D eigenvalue weighted by atomic mass is 9.69. The van der Waals surface area contributed by atoms with Gasteiger partial charge in [0.15, 0.2) is 0 Å². The summed E-state index contributed by atoms with van der Waals surface area (Å²) in [5, 5.41) is 3.47. The van der Waals surface area contributed by atoms with Gasteiger partial charge in [0.1, 0.15) is 23.5 Å². The van der Waals surface area contributed by atoms with E-state index in [1.54, 1.807) is 7.11 Å². The smallest absolute Gasteiger partial charge is 0.421 e. The number of benzene rings is 1. The van der Waals surface area contributed by atoms with E-state index in [-0.39, 0.29) is 12.6 Å². The Morgan fingerprint density at radius 2 is 1.77 bits per heavy atom. The lowest BCUT2D eigenvalue weighted by Crippen LogP contribution is -2.53. The lowest BCUT2D eigenvalue weighted by molar-refractivity contribution is -0.220. The second-order valence-electron chi connectivity index (χ2n) is 9.61. The summed E-state index contributed by atoms with van der Waals surface area (Å²) in [7, 11) is 1.64. The Kier molecular flexibility index (Phi) is 6.16. The number of unbranched alkanes of at least 4 members (excludes halogenated alkanes) is 1. The van der Waals surface area contributed by atoms with Gasteiger partial charge in [-0.15, -0.1) is 0 Å². The fraction of sp³-hybridized carbons (Fsp3) is 0.600. The van der Waals surface area contributed by atoms with Gasteiger partial charge in [-0.3, -0.25) is 14.5 Å². The Morgan fingerprint density at radius 3 is 2.49 bits per heavy atom. The molecular formula is C25H30N2O8. The van der Waals surface area contributed by atoms with E-state index < -0.39 is 35.0 Å². The van der Waals surface area contributed by atoms with Gasteiger partial charge >= 0.3 is 23.6 Å². The normalized spacial score (nSPS) is 24.4. The van der Waals surface area contributed by atoms with Crippen molar-refractivity contribution >= 4 is 23.8 Å². The minimum Gasteiger partial charge on any atom is -0.496 e. The van der Waals surface area contributed by atoms with E-state index in [9.17, 15) is 19.2 Å². The van der Waals surface area contributed by atoms with Crippen LogP contribution in [0.3, 0.4) is 0 Å². The van der Waals surface area contributed by atoms with Crippen LogP contribution in [0.1, 0.15) is 50.5 Å². The largest absolute Gasteiger partial charge is 0.496 e. The van der Waals surface area contributed by atoms with Gasteiger partial charge < -0.3 is 24.3 Å². The van der Waals surface area contributed by atoms with Gasteiger partial charge in [0.05, 0.1) is 7.11 Å². The molecule has 188 valence electrons. The third kappa shape index (κ3) is 3.74. The van der Waals surface area contributed by atoms with Crippen LogP contribution in [0.15, 0.2) is 18.2 Å². The molecule has 2 spiro atoms. The highest BCUT2D eigenvalue weighted by molar-refractivity contribution is 6.33. The molecule has 1 unspecified atom stereocenters. The number of hydrogen-bond acceptors (Lipinski definition) is 9. The monoisotopic (exact) mass is 486 g/mol. The first-order valence-corrected chi connectivity index (χ1v) is 12.3. The van der Waals surface area contributed by atoms with Crippen molar-refractivity contribution in [3.05, 3.63) is 23.8 Å². The van der Waals surface area contributed by atoms with Crippen molar-refractivity contribution in [3.8, 4) is 11.5 Å². The van der Waals surface area contributed by atoms with Crippen LogP contribution in [-0.4, -0.2) is 67.3 Å². The fourth-order valence-corrected chi connectivity index (χ4v) is 5.82. The van der Waals surface area contributed by atoms with Crippen molar-refractivity contribution in [3.63, 3.8) is 0 Å². The summed E-state index contributed by atoms with van der Waals surface area (Å²) in [5.41, 5.74) is -0.273. The summed E-state index contributed by atoms with van der Waals surface area (Å²) in [6, 6.07) is 5.88. The molecule has 3 fully saturated rings. The highest BCUT2D eigenvalue weighted by atomic mass is 16.8. The minimum absolute atomic E-state index is 0.125. The molecule has 3 heterocycles. The molecule has 35 heavy (non-hydrogen) atoms. The van der Waals surface area contributed by atoms with Crippen LogP contribution < -0.4 is 14.8 Å². The number of carbonyl (C=O) groups is 4. The standard InChI is InChI=1S/C25H30N2O8/c1-32-18-8-7-9-19-17(18)14-16(15-33-19)26-12-5-6-13-27-22(30)24(10-3-2-4-11-24)25(23(27)31)34-20(28)21(29)35-25/h7-9,16,26H,2-6,10-15H2,1H3. The van der Waals surface area contributed by atoms with E-state index in [1.807, 2.05) is 18.2 Å². The van der Waals surface area contributed by atoms with E-state index in [4.69, 9.17) is 18.9 Å². The van der Waals surface area contributed by atoms with Crippen LogP contribution in [-0.2, 0) is 35.1 Å². The predicted octanol–water partition coefficient (Wildman–Crippen LogP) is 1.48. The van der Waals surface area contributed by atoms with E-state index in [1.165, 1.54) is 0 Å². The van der Waals surface area contributed by atoms with Gasteiger partial charge in [-0.25, -0.2) is 9.59 Å². The van der Waals surface area contributed by atoms with Crippen molar-refractivity contribution in [2.45, 2.75) is 63.2 Å². The number of ether oxygens (including phenoxy) is 4. The summed E-state index contributed by atoms with van der Waals surface area (Å²) in [6.07, 6.45) is 5.07. The van der Waals surface area contributed by atoms with Crippen molar-refractivity contribution in [1.29, 1.82) is 0 Å². The zero-order chi connectivity index (χ0) is 24.6. The quantitative estimate of drug-likeness (QED) is 0.264. The van der Waals surface area contributed by atoms with E-state index in [2.05, 4.69) is 5.32 Å². The first kappa shape index (κ1) is 23.6. The second-order valence-corrected chi connectivity index (χ2v) is 9.61. The molecule has 1 aliphatic carbocycles. The number of nitrogens with zero attached hydrogens (tertiary/aromatic N) is 1. The van der Waals surface area contributed by atoms with Crippen LogP contribution in [0.5, 0.6) is 11.5 Å². The number of likely N-dealkylation sites (tertiary alicyclic amines) is 1. The maximum Gasteiger partial charge on any atom is 0.421 e. The Bertz CT molecular complexity index is 1020. The number of carbonyl (C=O) groups excluding carboxylic acids is 4. The zero-order valence-electron chi connectivity index (χ0n) is 19.8. The first-order chi connectivity index (χ1) is 16.9. The van der Waals surface area contributed by atoms with Crippen molar-refractivity contribution in [2.75, 3.05) is 26.8 Å². The molecule has 3 aliphatic heterocycles. The average Bonchev–Trinajstić information content (AvgIpc) is 3.26. The van der Waals surface area contributed by atoms with Crippen LogP contribution >= 0.6 is 0 Å². The van der Waals surface area contributed by atoms with Gasteiger partial charge in [-0.05, 0) is 50.8 Å². The van der Waals surface area contributed by atoms with Crippen molar-refractivity contribution in [1.82, 2.24) is 10.2 Å². The number of fused-ring (bicyclic) bond motifs is 2.